The van der Waals surface area contributed by atoms with Crippen molar-refractivity contribution in [2.75, 3.05) is 19.0 Å². The van der Waals surface area contributed by atoms with Crippen molar-refractivity contribution < 1.29 is 19.1 Å². The summed E-state index contributed by atoms with van der Waals surface area (Å²) in [5.74, 6) is -1.49. The number of hydrogen-bond donors (Lipinski definition) is 1. The fourth-order valence-corrected chi connectivity index (χ4v) is 2.05. The van der Waals surface area contributed by atoms with Crippen molar-refractivity contribution in [1.82, 2.24) is 0 Å². The van der Waals surface area contributed by atoms with Crippen LogP contribution in [0.1, 0.15) is 19.8 Å². The van der Waals surface area contributed by atoms with E-state index in [1.807, 2.05) is 0 Å². The molecule has 0 radical (unpaired) electrons. The van der Waals surface area contributed by atoms with Gasteiger partial charge in [-0.15, -0.1) is 0 Å². The Morgan fingerprint density at radius 3 is 2.78 bits per heavy atom. The molecule has 6 nitrogen and oxygen atoms in total. The van der Waals surface area contributed by atoms with Gasteiger partial charge in [0.15, 0.2) is 11.7 Å². The lowest BCUT2D eigenvalue weighted by Crippen LogP contribution is -2.36. The van der Waals surface area contributed by atoms with Crippen LogP contribution in [-0.2, 0) is 14.3 Å². The molecule has 2 unspecified atom stereocenters. The van der Waals surface area contributed by atoms with E-state index >= 15 is 0 Å². The van der Waals surface area contributed by atoms with Crippen LogP contribution in [0.25, 0.3) is 0 Å². The SMILES string of the molecule is COc1cccc(NC(=O)C(C#N)C(=O)C(C)OCC2CC2)c1. The molecule has 2 atom stereocenters. The predicted molar refractivity (Wildman–Crippen MR) is 83.9 cm³/mol. The van der Waals surface area contributed by atoms with Gasteiger partial charge in [-0.2, -0.15) is 5.26 Å². The van der Waals surface area contributed by atoms with Crippen LogP contribution < -0.4 is 10.1 Å². The van der Waals surface area contributed by atoms with Crippen LogP contribution in [-0.4, -0.2) is 31.5 Å². The van der Waals surface area contributed by atoms with Gasteiger partial charge in [0.2, 0.25) is 5.91 Å². The van der Waals surface area contributed by atoms with Crippen molar-refractivity contribution in [3.8, 4) is 11.8 Å². The molecular weight excluding hydrogens is 296 g/mol. The maximum atomic E-state index is 12.2. The van der Waals surface area contributed by atoms with E-state index in [1.165, 1.54) is 7.11 Å². The summed E-state index contributed by atoms with van der Waals surface area (Å²) < 4.78 is 10.5. The topological polar surface area (TPSA) is 88.4 Å². The van der Waals surface area contributed by atoms with Gasteiger partial charge in [0.05, 0.1) is 19.8 Å². The minimum Gasteiger partial charge on any atom is -0.497 e. The number of anilines is 1. The second kappa shape index (κ2) is 7.75. The number of nitrogens with zero attached hydrogens (tertiary/aromatic N) is 1. The first-order chi connectivity index (χ1) is 11.0. The molecule has 0 heterocycles. The highest BCUT2D eigenvalue weighted by atomic mass is 16.5. The van der Waals surface area contributed by atoms with Crippen molar-refractivity contribution in [2.24, 2.45) is 11.8 Å². The highest BCUT2D eigenvalue weighted by Gasteiger charge is 2.32. The Morgan fingerprint density at radius 1 is 1.43 bits per heavy atom. The van der Waals surface area contributed by atoms with Crippen LogP contribution >= 0.6 is 0 Å². The summed E-state index contributed by atoms with van der Waals surface area (Å²) in [6.07, 6.45) is 1.45. The lowest BCUT2D eigenvalue weighted by Gasteiger charge is -2.15. The Bertz CT molecular complexity index is 619. The standard InChI is InChI=1S/C17H20N2O4/c1-11(23-10-12-6-7-12)16(20)15(9-18)17(21)19-13-4-3-5-14(8-13)22-2/h3-5,8,11-12,15H,6-7,10H2,1-2H3,(H,19,21). The van der Waals surface area contributed by atoms with Gasteiger partial charge in [-0.05, 0) is 37.8 Å². The highest BCUT2D eigenvalue weighted by Crippen LogP contribution is 2.29. The molecule has 0 aliphatic heterocycles. The number of carbonyl (C=O) groups excluding carboxylic acids is 2. The van der Waals surface area contributed by atoms with E-state index in [0.29, 0.717) is 24.0 Å². The quantitative estimate of drug-likeness (QED) is 0.742. The number of nitriles is 1. The van der Waals surface area contributed by atoms with E-state index in [4.69, 9.17) is 9.47 Å². The molecule has 2 rings (SSSR count). The van der Waals surface area contributed by atoms with Gasteiger partial charge in [0.25, 0.3) is 0 Å². The van der Waals surface area contributed by atoms with Crippen LogP contribution in [0.3, 0.4) is 0 Å². The number of amides is 1. The van der Waals surface area contributed by atoms with Crippen LogP contribution in [0.4, 0.5) is 5.69 Å². The molecule has 0 spiro atoms. The molecular formula is C17H20N2O4. The third kappa shape index (κ3) is 4.80. The van der Waals surface area contributed by atoms with Crippen molar-refractivity contribution in [3.63, 3.8) is 0 Å². The predicted octanol–water partition coefficient (Wildman–Crippen LogP) is 2.16. The van der Waals surface area contributed by atoms with Crippen molar-refractivity contribution in [1.29, 1.82) is 5.26 Å². The fraction of sp³-hybridized carbons (Fsp3) is 0.471. The van der Waals surface area contributed by atoms with Gasteiger partial charge >= 0.3 is 0 Å². The van der Waals surface area contributed by atoms with Crippen LogP contribution in [0.15, 0.2) is 24.3 Å². The number of methoxy groups -OCH3 is 1. The highest BCUT2D eigenvalue weighted by molar-refractivity contribution is 6.10. The lowest BCUT2D eigenvalue weighted by molar-refractivity contribution is -0.136. The minimum absolute atomic E-state index is 0.467. The molecule has 1 aromatic rings. The van der Waals surface area contributed by atoms with E-state index in [9.17, 15) is 14.9 Å². The first-order valence-corrected chi connectivity index (χ1v) is 7.55. The number of ether oxygens (including phenoxy) is 2. The summed E-state index contributed by atoms with van der Waals surface area (Å²) in [4.78, 5) is 24.4. The van der Waals surface area contributed by atoms with E-state index in [0.717, 1.165) is 12.8 Å². The Labute approximate surface area is 135 Å². The molecule has 1 saturated carbocycles. The molecule has 122 valence electrons. The third-order valence-corrected chi connectivity index (χ3v) is 3.69. The first kappa shape index (κ1) is 17.0. The zero-order valence-electron chi connectivity index (χ0n) is 13.2. The maximum absolute atomic E-state index is 12.2. The third-order valence-electron chi connectivity index (χ3n) is 3.69. The molecule has 1 N–H and O–H groups in total. The van der Waals surface area contributed by atoms with Crippen molar-refractivity contribution in [3.05, 3.63) is 24.3 Å². The van der Waals surface area contributed by atoms with E-state index in [2.05, 4.69) is 5.32 Å². The minimum atomic E-state index is -1.39. The summed E-state index contributed by atoms with van der Waals surface area (Å²) in [7, 11) is 1.52. The second-order valence-electron chi connectivity index (χ2n) is 5.60. The molecule has 1 aliphatic rings. The van der Waals surface area contributed by atoms with Gasteiger partial charge < -0.3 is 14.8 Å². The summed E-state index contributed by atoms with van der Waals surface area (Å²) in [5.41, 5.74) is 0.467. The van der Waals surface area contributed by atoms with Gasteiger partial charge in [-0.25, -0.2) is 0 Å². The molecule has 23 heavy (non-hydrogen) atoms. The van der Waals surface area contributed by atoms with Crippen LogP contribution in [0.5, 0.6) is 5.75 Å². The molecule has 6 heteroatoms. The average molecular weight is 316 g/mol. The fourth-order valence-electron chi connectivity index (χ4n) is 2.05. The first-order valence-electron chi connectivity index (χ1n) is 7.55. The summed E-state index contributed by atoms with van der Waals surface area (Å²) in [6.45, 7) is 2.08. The van der Waals surface area contributed by atoms with Crippen LogP contribution in [0, 0.1) is 23.2 Å². The second-order valence-corrected chi connectivity index (χ2v) is 5.60. The van der Waals surface area contributed by atoms with Crippen LogP contribution in [0.2, 0.25) is 0 Å². The van der Waals surface area contributed by atoms with E-state index in [1.54, 1.807) is 37.3 Å². The van der Waals surface area contributed by atoms with Gasteiger partial charge in [0, 0.05) is 11.8 Å². The number of Topliss-reactive ketones (excluding diaryl/α,β-unsaturated/α-hetero) is 1. The molecule has 1 amide bonds. The molecule has 1 aromatic carbocycles. The number of carbonyl (C=O) groups is 2. The lowest BCUT2D eigenvalue weighted by atomic mass is 10.0. The summed E-state index contributed by atoms with van der Waals surface area (Å²) >= 11 is 0. The smallest absolute Gasteiger partial charge is 0.249 e. The zero-order chi connectivity index (χ0) is 16.8. The summed E-state index contributed by atoms with van der Waals surface area (Å²) in [5, 5.41) is 11.7. The number of ketones is 1. The monoisotopic (exact) mass is 316 g/mol. The van der Waals surface area contributed by atoms with E-state index < -0.39 is 23.7 Å². The maximum Gasteiger partial charge on any atom is 0.249 e. The largest absolute Gasteiger partial charge is 0.497 e. The molecule has 1 fully saturated rings. The van der Waals surface area contributed by atoms with E-state index in [-0.39, 0.29) is 0 Å². The number of nitrogens with one attached hydrogen (secondary N) is 1. The Balaban J connectivity index is 1.96. The van der Waals surface area contributed by atoms with Gasteiger partial charge in [-0.3, -0.25) is 9.59 Å². The Morgan fingerprint density at radius 2 is 2.17 bits per heavy atom. The normalized spacial score (nSPS) is 16.0. The molecule has 1 aliphatic carbocycles. The molecule has 0 bridgehead atoms. The van der Waals surface area contributed by atoms with Crippen molar-refractivity contribution >= 4 is 17.4 Å². The Hall–Kier alpha value is -2.39. The van der Waals surface area contributed by atoms with Gasteiger partial charge in [-0.1, -0.05) is 6.07 Å². The van der Waals surface area contributed by atoms with Gasteiger partial charge in [0.1, 0.15) is 11.9 Å². The zero-order valence-corrected chi connectivity index (χ0v) is 13.2. The number of rotatable bonds is 8. The Kier molecular flexibility index (Phi) is 5.72. The number of benzene rings is 1. The van der Waals surface area contributed by atoms with Crippen molar-refractivity contribution in [2.45, 2.75) is 25.9 Å². The average Bonchev–Trinajstić information content (AvgIpc) is 3.37. The number of hydrogen-bond acceptors (Lipinski definition) is 5. The summed E-state index contributed by atoms with van der Waals surface area (Å²) in [6, 6.07) is 8.48. The molecule has 0 aromatic heterocycles. The molecule has 0 saturated heterocycles.